The maximum atomic E-state index is 13.8. The number of methoxy groups -OCH3 is 1. The van der Waals surface area contributed by atoms with Crippen LogP contribution in [0.3, 0.4) is 0 Å². The molecule has 0 unspecified atom stereocenters. The Kier molecular flexibility index (Phi) is 6.04. The molecule has 2 aromatic carbocycles. The van der Waals surface area contributed by atoms with Crippen LogP contribution in [-0.2, 0) is 19.9 Å². The van der Waals surface area contributed by atoms with Crippen LogP contribution in [0.25, 0.3) is 11.3 Å². The molecule has 0 fully saturated rings. The van der Waals surface area contributed by atoms with Crippen molar-refractivity contribution in [1.82, 2.24) is 10.2 Å². The van der Waals surface area contributed by atoms with Crippen LogP contribution in [0.5, 0.6) is 5.75 Å². The van der Waals surface area contributed by atoms with Gasteiger partial charge in [0.1, 0.15) is 0 Å². The lowest BCUT2D eigenvalue weighted by Gasteiger charge is -2.10. The van der Waals surface area contributed by atoms with E-state index in [-0.39, 0.29) is 27.1 Å². The predicted molar refractivity (Wildman–Crippen MR) is 109 cm³/mol. The zero-order valence-corrected chi connectivity index (χ0v) is 17.7. The van der Waals surface area contributed by atoms with Crippen LogP contribution in [0.15, 0.2) is 64.5 Å². The molecule has 0 spiro atoms. The largest absolute Gasteiger partial charge is 0.494 e. The zero-order valence-electron chi connectivity index (χ0n) is 16.0. The molecular weight excluding hydrogens is 433 g/mol. The van der Waals surface area contributed by atoms with E-state index >= 15 is 0 Å². The van der Waals surface area contributed by atoms with Gasteiger partial charge in [-0.2, -0.15) is 0 Å². The number of rotatable bonds is 7. The van der Waals surface area contributed by atoms with Crippen LogP contribution in [0, 0.1) is 5.82 Å². The van der Waals surface area contributed by atoms with Crippen molar-refractivity contribution in [2.45, 2.75) is 16.8 Å². The summed E-state index contributed by atoms with van der Waals surface area (Å²) < 4.78 is 69.5. The van der Waals surface area contributed by atoms with Gasteiger partial charge in [0.25, 0.3) is 10.0 Å². The first kappa shape index (κ1) is 21.7. The van der Waals surface area contributed by atoms with Gasteiger partial charge in [-0.05, 0) is 42.5 Å². The summed E-state index contributed by atoms with van der Waals surface area (Å²) in [6.45, 7) is 1.52. The van der Waals surface area contributed by atoms with E-state index < -0.39 is 25.7 Å². The van der Waals surface area contributed by atoms with E-state index in [1.165, 1.54) is 50.4 Å². The van der Waals surface area contributed by atoms with Gasteiger partial charge in [-0.25, -0.2) is 21.2 Å². The fraction of sp³-hybridized carbons (Fsp3) is 0.158. The van der Waals surface area contributed by atoms with Crippen molar-refractivity contribution < 1.29 is 26.0 Å². The Labute approximate surface area is 173 Å². The fourth-order valence-corrected chi connectivity index (χ4v) is 4.33. The van der Waals surface area contributed by atoms with E-state index in [4.69, 9.17) is 4.74 Å². The molecule has 11 heteroatoms. The van der Waals surface area contributed by atoms with Gasteiger partial charge in [-0.3, -0.25) is 4.72 Å². The van der Waals surface area contributed by atoms with Crippen LogP contribution in [-0.4, -0.2) is 39.9 Å². The fourth-order valence-electron chi connectivity index (χ4n) is 2.53. The Hall–Kier alpha value is -3.05. The summed E-state index contributed by atoms with van der Waals surface area (Å²) in [4.78, 5) is -0.247. The van der Waals surface area contributed by atoms with Gasteiger partial charge < -0.3 is 4.74 Å². The number of nitrogens with one attached hydrogen (secondary N) is 1. The summed E-state index contributed by atoms with van der Waals surface area (Å²) in [5.74, 6) is -0.923. The third-order valence-electron chi connectivity index (χ3n) is 4.21. The van der Waals surface area contributed by atoms with Crippen molar-refractivity contribution in [2.75, 3.05) is 17.6 Å². The van der Waals surface area contributed by atoms with Crippen molar-refractivity contribution >= 4 is 25.5 Å². The predicted octanol–water partition coefficient (Wildman–Crippen LogP) is 2.89. The van der Waals surface area contributed by atoms with Gasteiger partial charge in [-0.1, -0.05) is 19.1 Å². The van der Waals surface area contributed by atoms with E-state index in [0.29, 0.717) is 11.3 Å². The number of sulfonamides is 1. The monoisotopic (exact) mass is 451 g/mol. The lowest BCUT2D eigenvalue weighted by atomic mass is 10.1. The molecule has 0 bridgehead atoms. The van der Waals surface area contributed by atoms with Crippen LogP contribution in [0.1, 0.15) is 6.92 Å². The molecule has 1 N–H and O–H groups in total. The van der Waals surface area contributed by atoms with Gasteiger partial charge >= 0.3 is 0 Å². The first-order chi connectivity index (χ1) is 14.2. The summed E-state index contributed by atoms with van der Waals surface area (Å²) in [5, 5.41) is 7.56. The quantitative estimate of drug-likeness (QED) is 0.587. The van der Waals surface area contributed by atoms with E-state index in [1.807, 2.05) is 0 Å². The minimum atomic E-state index is -4.00. The Morgan fingerprint density at radius 3 is 2.20 bits per heavy atom. The number of anilines is 1. The molecule has 0 aliphatic rings. The average molecular weight is 452 g/mol. The third kappa shape index (κ3) is 4.57. The first-order valence-electron chi connectivity index (χ1n) is 8.69. The molecule has 0 aliphatic carbocycles. The van der Waals surface area contributed by atoms with E-state index in [0.717, 1.165) is 6.07 Å². The summed E-state index contributed by atoms with van der Waals surface area (Å²) >= 11 is 0. The van der Waals surface area contributed by atoms with E-state index in [2.05, 4.69) is 14.9 Å². The molecule has 30 heavy (non-hydrogen) atoms. The van der Waals surface area contributed by atoms with Crippen molar-refractivity contribution in [3.8, 4) is 17.0 Å². The Balaban J connectivity index is 1.79. The number of halogens is 1. The number of hydrogen-bond donors (Lipinski definition) is 1. The normalized spacial score (nSPS) is 11.8. The Bertz CT molecular complexity index is 1260. The molecule has 0 atom stereocenters. The molecule has 8 nitrogen and oxygen atoms in total. The van der Waals surface area contributed by atoms with Crippen molar-refractivity contribution in [3.05, 3.63) is 60.4 Å². The molecule has 0 radical (unpaired) electrons. The van der Waals surface area contributed by atoms with Gasteiger partial charge in [0.15, 0.2) is 26.4 Å². The highest BCUT2D eigenvalue weighted by molar-refractivity contribution is 7.92. The van der Waals surface area contributed by atoms with Gasteiger partial charge in [-0.15, -0.1) is 10.2 Å². The Morgan fingerprint density at radius 1 is 0.967 bits per heavy atom. The third-order valence-corrected chi connectivity index (χ3v) is 7.20. The number of aromatic nitrogens is 2. The standard InChI is InChI=1S/C19H18FN3O5S2/c1-3-29(24,25)19-11-9-17(21-22-19)13-4-6-14(7-5-13)23-30(26,27)15-8-10-18(28-2)16(20)12-15/h4-12,23H,3H2,1-2H3. The molecule has 1 heterocycles. The number of hydrogen-bond acceptors (Lipinski definition) is 7. The summed E-state index contributed by atoms with van der Waals surface area (Å²) in [6, 6.07) is 12.4. The highest BCUT2D eigenvalue weighted by Crippen LogP contribution is 2.24. The second kappa shape index (κ2) is 8.36. The lowest BCUT2D eigenvalue weighted by molar-refractivity contribution is 0.385. The maximum Gasteiger partial charge on any atom is 0.262 e. The molecule has 0 saturated heterocycles. The molecule has 1 aromatic heterocycles. The molecule has 0 amide bonds. The van der Waals surface area contributed by atoms with Crippen LogP contribution in [0.4, 0.5) is 10.1 Å². The molecule has 158 valence electrons. The smallest absolute Gasteiger partial charge is 0.262 e. The number of ether oxygens (including phenoxy) is 1. The second-order valence-electron chi connectivity index (χ2n) is 6.14. The second-order valence-corrected chi connectivity index (χ2v) is 10.0. The highest BCUT2D eigenvalue weighted by atomic mass is 32.2. The van der Waals surface area contributed by atoms with Crippen molar-refractivity contribution in [3.63, 3.8) is 0 Å². The number of sulfone groups is 1. The van der Waals surface area contributed by atoms with Crippen molar-refractivity contribution in [1.29, 1.82) is 0 Å². The topological polar surface area (TPSA) is 115 Å². The molecule has 3 aromatic rings. The molecule has 3 rings (SSSR count). The van der Waals surface area contributed by atoms with E-state index in [9.17, 15) is 21.2 Å². The van der Waals surface area contributed by atoms with Gasteiger partial charge in [0.05, 0.1) is 23.5 Å². The minimum absolute atomic E-state index is 0.0582. The van der Waals surface area contributed by atoms with Gasteiger partial charge in [0.2, 0.25) is 0 Å². The zero-order chi connectivity index (χ0) is 21.9. The number of benzene rings is 2. The summed E-state index contributed by atoms with van der Waals surface area (Å²) in [6.07, 6.45) is 0. The molecular formula is C19H18FN3O5S2. The number of nitrogens with zero attached hydrogens (tertiary/aromatic N) is 2. The van der Waals surface area contributed by atoms with E-state index in [1.54, 1.807) is 12.1 Å². The molecule has 0 aliphatic heterocycles. The SMILES string of the molecule is CCS(=O)(=O)c1ccc(-c2ccc(NS(=O)(=O)c3ccc(OC)c(F)c3)cc2)nn1. The van der Waals surface area contributed by atoms with Gasteiger partial charge in [0, 0.05) is 11.3 Å². The lowest BCUT2D eigenvalue weighted by Crippen LogP contribution is -2.13. The maximum absolute atomic E-state index is 13.8. The summed E-state index contributed by atoms with van der Waals surface area (Å²) in [7, 11) is -6.16. The van der Waals surface area contributed by atoms with Crippen LogP contribution >= 0.6 is 0 Å². The summed E-state index contributed by atoms with van der Waals surface area (Å²) in [5.41, 5.74) is 1.30. The minimum Gasteiger partial charge on any atom is -0.494 e. The van der Waals surface area contributed by atoms with Crippen molar-refractivity contribution in [2.24, 2.45) is 0 Å². The first-order valence-corrected chi connectivity index (χ1v) is 11.8. The highest BCUT2D eigenvalue weighted by Gasteiger charge is 2.17. The van der Waals surface area contributed by atoms with Crippen LogP contribution < -0.4 is 9.46 Å². The average Bonchev–Trinajstić information content (AvgIpc) is 2.74. The van der Waals surface area contributed by atoms with Crippen LogP contribution in [0.2, 0.25) is 0 Å². The Morgan fingerprint density at radius 2 is 1.67 bits per heavy atom. The molecule has 0 saturated carbocycles.